The SMILES string of the molecule is CC(C)(C)Oc1c(Cl)cc(C=Nn2c(-c3ccccc3)nc3ccccc3c2=O)cc1Br. The molecule has 0 aliphatic heterocycles. The first-order chi connectivity index (χ1) is 15.2. The molecule has 0 spiro atoms. The molecular weight excluding hydrogens is 490 g/mol. The maximum Gasteiger partial charge on any atom is 0.282 e. The Labute approximate surface area is 199 Å². The fraction of sp³-hybridized carbons (Fsp3) is 0.160. The van der Waals surface area contributed by atoms with Gasteiger partial charge in [-0.2, -0.15) is 9.78 Å². The van der Waals surface area contributed by atoms with Crippen LogP contribution in [0.25, 0.3) is 22.3 Å². The van der Waals surface area contributed by atoms with Crippen molar-refractivity contribution in [1.29, 1.82) is 0 Å². The summed E-state index contributed by atoms with van der Waals surface area (Å²) < 4.78 is 7.96. The van der Waals surface area contributed by atoms with Crippen molar-refractivity contribution in [3.05, 3.63) is 92.1 Å². The quantitative estimate of drug-likeness (QED) is 0.293. The highest BCUT2D eigenvalue weighted by Gasteiger charge is 2.18. The first-order valence-electron chi connectivity index (χ1n) is 10.0. The van der Waals surface area contributed by atoms with E-state index in [1.807, 2.05) is 75.4 Å². The second kappa shape index (κ2) is 8.88. The van der Waals surface area contributed by atoms with Gasteiger partial charge >= 0.3 is 0 Å². The number of nitrogens with zero attached hydrogens (tertiary/aromatic N) is 3. The lowest BCUT2D eigenvalue weighted by atomic mass is 10.2. The molecule has 32 heavy (non-hydrogen) atoms. The number of hydrogen-bond acceptors (Lipinski definition) is 4. The van der Waals surface area contributed by atoms with E-state index in [1.54, 1.807) is 18.3 Å². The monoisotopic (exact) mass is 509 g/mol. The second-order valence-corrected chi connectivity index (χ2v) is 9.47. The molecule has 0 aliphatic rings. The third-order valence-electron chi connectivity index (χ3n) is 4.54. The minimum Gasteiger partial charge on any atom is -0.485 e. The summed E-state index contributed by atoms with van der Waals surface area (Å²) in [5, 5.41) is 5.43. The standard InChI is InChI=1S/C25H21BrClN3O2/c1-25(2,3)32-22-19(26)13-16(14-20(22)27)15-28-30-23(17-9-5-4-6-10-17)29-21-12-8-7-11-18(21)24(30)31/h4-15H,1-3H3. The fourth-order valence-corrected chi connectivity index (χ4v) is 4.13. The predicted molar refractivity (Wildman–Crippen MR) is 134 cm³/mol. The minimum atomic E-state index is -0.392. The van der Waals surface area contributed by atoms with Gasteiger partial charge < -0.3 is 4.74 Å². The Morgan fingerprint density at radius 1 is 1.06 bits per heavy atom. The van der Waals surface area contributed by atoms with Crippen molar-refractivity contribution in [3.8, 4) is 17.1 Å². The number of hydrogen-bond donors (Lipinski definition) is 0. The van der Waals surface area contributed by atoms with Crippen LogP contribution in [0.2, 0.25) is 5.02 Å². The summed E-state index contributed by atoms with van der Waals surface area (Å²) in [5.41, 5.74) is 1.49. The molecule has 0 saturated carbocycles. The van der Waals surface area contributed by atoms with Gasteiger partial charge in [0.15, 0.2) is 11.6 Å². The summed E-state index contributed by atoms with van der Waals surface area (Å²) in [6.07, 6.45) is 1.59. The Morgan fingerprint density at radius 3 is 2.44 bits per heavy atom. The molecule has 4 rings (SSSR count). The van der Waals surface area contributed by atoms with Crippen molar-refractivity contribution in [2.75, 3.05) is 0 Å². The van der Waals surface area contributed by atoms with Crippen molar-refractivity contribution in [2.24, 2.45) is 5.10 Å². The number of benzene rings is 3. The summed E-state index contributed by atoms with van der Waals surface area (Å²) >= 11 is 9.98. The second-order valence-electron chi connectivity index (χ2n) is 8.21. The van der Waals surface area contributed by atoms with E-state index in [1.165, 1.54) is 4.68 Å². The van der Waals surface area contributed by atoms with Gasteiger partial charge in [-0.1, -0.05) is 54.1 Å². The van der Waals surface area contributed by atoms with E-state index in [0.717, 1.165) is 5.56 Å². The number of aromatic nitrogens is 2. The summed E-state index contributed by atoms with van der Waals surface area (Å²) in [6.45, 7) is 5.86. The first kappa shape index (κ1) is 22.2. The van der Waals surface area contributed by atoms with Crippen LogP contribution in [0.15, 0.2) is 81.1 Å². The molecule has 0 bridgehead atoms. The number of ether oxygens (including phenoxy) is 1. The number of para-hydroxylation sites is 1. The maximum absolute atomic E-state index is 13.2. The van der Waals surface area contributed by atoms with Gasteiger partial charge in [-0.3, -0.25) is 4.79 Å². The third-order valence-corrected chi connectivity index (χ3v) is 5.41. The molecule has 5 nitrogen and oxygen atoms in total. The zero-order valence-electron chi connectivity index (χ0n) is 17.8. The van der Waals surface area contributed by atoms with E-state index in [-0.39, 0.29) is 5.56 Å². The largest absolute Gasteiger partial charge is 0.485 e. The minimum absolute atomic E-state index is 0.247. The topological polar surface area (TPSA) is 56.5 Å². The highest BCUT2D eigenvalue weighted by atomic mass is 79.9. The molecule has 162 valence electrons. The van der Waals surface area contributed by atoms with Gasteiger partial charge in [-0.25, -0.2) is 4.98 Å². The molecule has 3 aromatic carbocycles. The molecule has 4 aromatic rings. The summed E-state index contributed by atoms with van der Waals surface area (Å²) in [7, 11) is 0. The smallest absolute Gasteiger partial charge is 0.282 e. The van der Waals surface area contributed by atoms with E-state index >= 15 is 0 Å². The van der Waals surface area contributed by atoms with Gasteiger partial charge in [0.1, 0.15) is 5.60 Å². The fourth-order valence-electron chi connectivity index (χ4n) is 3.19. The average Bonchev–Trinajstić information content (AvgIpc) is 2.75. The van der Waals surface area contributed by atoms with Crippen LogP contribution in [-0.4, -0.2) is 21.5 Å². The lowest BCUT2D eigenvalue weighted by molar-refractivity contribution is 0.130. The molecule has 1 aromatic heterocycles. The Bertz CT molecular complexity index is 1350. The molecule has 0 N–H and O–H groups in total. The zero-order chi connectivity index (χ0) is 22.9. The molecule has 1 heterocycles. The summed E-state index contributed by atoms with van der Waals surface area (Å²) in [4.78, 5) is 17.9. The van der Waals surface area contributed by atoms with Gasteiger partial charge in [0, 0.05) is 5.56 Å². The number of halogens is 2. The van der Waals surface area contributed by atoms with Gasteiger partial charge in [0.2, 0.25) is 0 Å². The van der Waals surface area contributed by atoms with Gasteiger partial charge in [-0.15, -0.1) is 0 Å². The molecular formula is C25H21BrClN3O2. The lowest BCUT2D eigenvalue weighted by Crippen LogP contribution is -2.23. The Kier molecular flexibility index (Phi) is 6.17. The molecule has 0 amide bonds. The Balaban J connectivity index is 1.82. The Hall–Kier alpha value is -2.96. The van der Waals surface area contributed by atoms with E-state index in [2.05, 4.69) is 21.0 Å². The molecule has 0 saturated heterocycles. The van der Waals surface area contributed by atoms with Crippen molar-refractivity contribution in [2.45, 2.75) is 26.4 Å². The van der Waals surface area contributed by atoms with Crippen LogP contribution in [0.4, 0.5) is 0 Å². The van der Waals surface area contributed by atoms with Gasteiger partial charge in [-0.05, 0) is 66.5 Å². The van der Waals surface area contributed by atoms with E-state index in [4.69, 9.17) is 21.3 Å². The van der Waals surface area contributed by atoms with Crippen molar-refractivity contribution >= 4 is 44.6 Å². The maximum atomic E-state index is 13.2. The molecule has 0 unspecified atom stereocenters. The van der Waals surface area contributed by atoms with Crippen LogP contribution in [0, 0.1) is 0 Å². The van der Waals surface area contributed by atoms with E-state index < -0.39 is 5.60 Å². The normalized spacial score (nSPS) is 11.9. The van der Waals surface area contributed by atoms with E-state index in [9.17, 15) is 4.79 Å². The van der Waals surface area contributed by atoms with Crippen molar-refractivity contribution in [3.63, 3.8) is 0 Å². The van der Waals surface area contributed by atoms with Crippen molar-refractivity contribution in [1.82, 2.24) is 9.66 Å². The predicted octanol–water partition coefficient (Wildman–Crippen LogP) is 6.54. The molecule has 0 radical (unpaired) electrons. The van der Waals surface area contributed by atoms with Crippen LogP contribution in [0.3, 0.4) is 0 Å². The van der Waals surface area contributed by atoms with Crippen LogP contribution in [0.1, 0.15) is 26.3 Å². The third kappa shape index (κ3) is 4.76. The Morgan fingerprint density at radius 2 is 1.75 bits per heavy atom. The average molecular weight is 511 g/mol. The van der Waals surface area contributed by atoms with Crippen LogP contribution in [0.5, 0.6) is 5.75 Å². The molecule has 7 heteroatoms. The molecule has 0 fully saturated rings. The van der Waals surface area contributed by atoms with Crippen LogP contribution in [-0.2, 0) is 0 Å². The molecule has 0 atom stereocenters. The zero-order valence-corrected chi connectivity index (χ0v) is 20.2. The lowest BCUT2D eigenvalue weighted by Gasteiger charge is -2.23. The summed E-state index contributed by atoms with van der Waals surface area (Å²) in [5.74, 6) is 1.02. The highest BCUT2D eigenvalue weighted by Crippen LogP contribution is 2.36. The van der Waals surface area contributed by atoms with Crippen LogP contribution >= 0.6 is 27.5 Å². The summed E-state index contributed by atoms with van der Waals surface area (Å²) in [6, 6.07) is 20.3. The molecule has 0 aliphatic carbocycles. The number of rotatable bonds is 4. The highest BCUT2D eigenvalue weighted by molar-refractivity contribution is 9.10. The van der Waals surface area contributed by atoms with Crippen LogP contribution < -0.4 is 10.3 Å². The number of fused-ring (bicyclic) bond motifs is 1. The van der Waals surface area contributed by atoms with E-state index in [0.29, 0.717) is 37.5 Å². The first-order valence-corrected chi connectivity index (χ1v) is 11.2. The van der Waals surface area contributed by atoms with Gasteiger partial charge in [0.25, 0.3) is 5.56 Å². The van der Waals surface area contributed by atoms with Gasteiger partial charge in [0.05, 0.1) is 26.6 Å². The van der Waals surface area contributed by atoms with Crippen molar-refractivity contribution < 1.29 is 4.74 Å².